The van der Waals surface area contributed by atoms with E-state index in [4.69, 9.17) is 9.47 Å². The predicted octanol–water partition coefficient (Wildman–Crippen LogP) is 3.11. The fraction of sp³-hybridized carbons (Fsp3) is 0.211. The molecule has 1 heterocycles. The molecule has 8 heteroatoms. The van der Waals surface area contributed by atoms with Crippen LogP contribution in [0.15, 0.2) is 53.0 Å². The van der Waals surface area contributed by atoms with Crippen LogP contribution in [0.1, 0.15) is 18.1 Å². The number of amidine groups is 1. The Kier molecular flexibility index (Phi) is 5.18. The minimum absolute atomic E-state index is 0.0962. The molecule has 0 saturated heterocycles. The number of hydrogen-bond donors (Lipinski definition) is 1. The molecule has 0 radical (unpaired) electrons. The quantitative estimate of drug-likeness (QED) is 0.851. The predicted molar refractivity (Wildman–Crippen MR) is 102 cm³/mol. The van der Waals surface area contributed by atoms with Gasteiger partial charge in [0.1, 0.15) is 16.6 Å². The minimum atomic E-state index is -3.76. The third kappa shape index (κ3) is 3.66. The van der Waals surface area contributed by atoms with Crippen LogP contribution in [0.3, 0.4) is 0 Å². The van der Waals surface area contributed by atoms with E-state index in [0.29, 0.717) is 22.6 Å². The van der Waals surface area contributed by atoms with E-state index in [2.05, 4.69) is 9.71 Å². The van der Waals surface area contributed by atoms with Gasteiger partial charge in [-0.3, -0.25) is 9.71 Å². The molecule has 1 N–H and O–H groups in total. The van der Waals surface area contributed by atoms with E-state index in [9.17, 15) is 12.8 Å². The fourth-order valence-electron chi connectivity index (χ4n) is 2.93. The molecule has 6 nitrogen and oxygen atoms in total. The van der Waals surface area contributed by atoms with Crippen LogP contribution in [0, 0.1) is 5.82 Å². The lowest BCUT2D eigenvalue weighted by Crippen LogP contribution is -2.23. The molecule has 1 aliphatic rings. The first-order chi connectivity index (χ1) is 12.9. The van der Waals surface area contributed by atoms with Crippen LogP contribution < -0.4 is 14.2 Å². The Morgan fingerprint density at radius 3 is 2.41 bits per heavy atom. The summed E-state index contributed by atoms with van der Waals surface area (Å²) in [5.74, 6) is 0.936. The molecule has 0 unspecified atom stereocenters. The average molecular weight is 390 g/mol. The van der Waals surface area contributed by atoms with Gasteiger partial charge in [-0.1, -0.05) is 24.3 Å². The van der Waals surface area contributed by atoms with Crippen LogP contribution in [0.5, 0.6) is 11.5 Å². The van der Waals surface area contributed by atoms with Crippen molar-refractivity contribution >= 4 is 20.8 Å². The van der Waals surface area contributed by atoms with Gasteiger partial charge >= 0.3 is 0 Å². The number of benzene rings is 2. The Labute approximate surface area is 157 Å². The summed E-state index contributed by atoms with van der Waals surface area (Å²) in [5.41, 5.74) is 1.64. The molecule has 0 bridgehead atoms. The second-order valence-electron chi connectivity index (χ2n) is 5.88. The highest BCUT2D eigenvalue weighted by Gasteiger charge is 2.32. The van der Waals surface area contributed by atoms with Crippen LogP contribution in [0.2, 0.25) is 0 Å². The third-order valence-corrected chi connectivity index (χ3v) is 5.74. The lowest BCUT2D eigenvalue weighted by molar-refractivity contribution is 0.352. The average Bonchev–Trinajstić information content (AvgIpc) is 2.88. The van der Waals surface area contributed by atoms with Crippen molar-refractivity contribution in [3.63, 3.8) is 0 Å². The maximum Gasteiger partial charge on any atom is 0.264 e. The molecule has 142 valence electrons. The highest BCUT2D eigenvalue weighted by atomic mass is 32.2. The Balaban J connectivity index is 1.98. The summed E-state index contributed by atoms with van der Waals surface area (Å²) in [6.07, 6.45) is 0. The summed E-state index contributed by atoms with van der Waals surface area (Å²) in [5, 5.41) is 0. The van der Waals surface area contributed by atoms with Gasteiger partial charge in [-0.25, -0.2) is 12.8 Å². The second-order valence-corrected chi connectivity index (χ2v) is 7.50. The van der Waals surface area contributed by atoms with Crippen LogP contribution in [-0.4, -0.2) is 28.5 Å². The van der Waals surface area contributed by atoms with Crippen molar-refractivity contribution in [2.24, 2.45) is 4.99 Å². The second kappa shape index (κ2) is 7.40. The van der Waals surface area contributed by atoms with Crippen LogP contribution in [-0.2, 0) is 16.6 Å². The molecule has 2 aromatic carbocycles. The van der Waals surface area contributed by atoms with E-state index >= 15 is 0 Å². The van der Waals surface area contributed by atoms with Crippen molar-refractivity contribution in [2.45, 2.75) is 13.5 Å². The summed E-state index contributed by atoms with van der Waals surface area (Å²) >= 11 is 0. The smallest absolute Gasteiger partial charge is 0.264 e. The first-order valence-corrected chi connectivity index (χ1v) is 9.60. The fourth-order valence-corrected chi connectivity index (χ4v) is 4.45. The Morgan fingerprint density at radius 1 is 1.07 bits per heavy atom. The molecular formula is C19H19FN2O4S. The molecule has 0 atom stereocenters. The van der Waals surface area contributed by atoms with Crippen molar-refractivity contribution in [2.75, 3.05) is 14.2 Å². The first-order valence-electron chi connectivity index (χ1n) is 8.11. The zero-order valence-corrected chi connectivity index (χ0v) is 15.9. The van der Waals surface area contributed by atoms with Crippen molar-refractivity contribution in [1.29, 1.82) is 0 Å². The van der Waals surface area contributed by atoms with Crippen LogP contribution in [0.25, 0.3) is 4.91 Å². The maximum absolute atomic E-state index is 13.2. The summed E-state index contributed by atoms with van der Waals surface area (Å²) in [6.45, 7) is 1.87. The van der Waals surface area contributed by atoms with Crippen LogP contribution >= 0.6 is 0 Å². The zero-order valence-electron chi connectivity index (χ0n) is 15.1. The normalized spacial score (nSPS) is 17.1. The van der Waals surface area contributed by atoms with Crippen molar-refractivity contribution in [3.8, 4) is 11.5 Å². The monoisotopic (exact) mass is 390 g/mol. The molecule has 27 heavy (non-hydrogen) atoms. The number of para-hydroxylation sites is 1. The number of rotatable bonds is 5. The number of aliphatic imine (C=N–C) groups is 1. The Morgan fingerprint density at radius 2 is 1.78 bits per heavy atom. The number of nitrogens with one attached hydrogen (secondary N) is 1. The van der Waals surface area contributed by atoms with Gasteiger partial charge in [0.25, 0.3) is 10.0 Å². The lowest BCUT2D eigenvalue weighted by Gasteiger charge is -2.11. The van der Waals surface area contributed by atoms with Gasteiger partial charge < -0.3 is 9.47 Å². The summed E-state index contributed by atoms with van der Waals surface area (Å²) in [4.78, 5) is 4.50. The minimum Gasteiger partial charge on any atom is -0.493 e. The van der Waals surface area contributed by atoms with E-state index in [1.807, 2.05) is 12.1 Å². The highest BCUT2D eigenvalue weighted by Crippen LogP contribution is 2.33. The molecule has 0 spiro atoms. The highest BCUT2D eigenvalue weighted by molar-refractivity contribution is 8.00. The number of hydrogen-bond acceptors (Lipinski definition) is 5. The van der Waals surface area contributed by atoms with Gasteiger partial charge in [0, 0.05) is 11.1 Å². The number of methoxy groups -OCH3 is 2. The van der Waals surface area contributed by atoms with E-state index in [1.54, 1.807) is 20.1 Å². The maximum atomic E-state index is 13.2. The third-order valence-electron chi connectivity index (χ3n) is 4.19. The molecule has 0 aromatic heterocycles. The number of nitrogens with zero attached hydrogens (tertiary/aromatic N) is 1. The van der Waals surface area contributed by atoms with Crippen molar-refractivity contribution in [1.82, 2.24) is 4.72 Å². The van der Waals surface area contributed by atoms with Crippen LogP contribution in [0.4, 0.5) is 4.39 Å². The van der Waals surface area contributed by atoms with Crippen molar-refractivity contribution < 1.29 is 22.3 Å². The molecule has 2 aromatic rings. The number of halogens is 1. The molecule has 0 fully saturated rings. The summed E-state index contributed by atoms with van der Waals surface area (Å²) < 4.78 is 51.3. The van der Waals surface area contributed by atoms with Gasteiger partial charge in [0.2, 0.25) is 0 Å². The molecule has 0 aliphatic carbocycles. The summed E-state index contributed by atoms with van der Waals surface area (Å²) in [6, 6.07) is 10.7. The van der Waals surface area contributed by atoms with E-state index < -0.39 is 15.8 Å². The van der Waals surface area contributed by atoms with E-state index in [0.717, 1.165) is 5.56 Å². The largest absolute Gasteiger partial charge is 0.493 e. The van der Waals surface area contributed by atoms with Gasteiger partial charge in [0.05, 0.1) is 20.8 Å². The molecular weight excluding hydrogens is 371 g/mol. The molecule has 1 aliphatic heterocycles. The van der Waals surface area contributed by atoms with E-state index in [-0.39, 0.29) is 17.3 Å². The van der Waals surface area contributed by atoms with Crippen molar-refractivity contribution in [3.05, 3.63) is 65.0 Å². The van der Waals surface area contributed by atoms with Gasteiger partial charge in [-0.15, -0.1) is 0 Å². The number of sulfonamides is 1. The van der Waals surface area contributed by atoms with Gasteiger partial charge in [-0.05, 0) is 30.7 Å². The van der Waals surface area contributed by atoms with Gasteiger partial charge in [-0.2, -0.15) is 0 Å². The number of ether oxygens (including phenoxy) is 2. The Bertz CT molecular complexity index is 1030. The lowest BCUT2D eigenvalue weighted by atomic mass is 10.1. The molecule has 3 rings (SSSR count). The first kappa shape index (κ1) is 18.9. The standard InChI is InChI=1S/C19H19FN2O4S/c1-12-18(13-7-9-15(20)10-8-13)27(23,24)22-19(12)21-11-14-5-4-6-16(25-2)17(14)26-3/h4-10H,11H2,1-3H3,(H,21,22). The van der Waals surface area contributed by atoms with E-state index in [1.165, 1.54) is 31.4 Å². The Hall–Kier alpha value is -2.87. The SMILES string of the molecule is COc1cccc(CN=C2NS(=O)(=O)C(c3ccc(F)cc3)=C2C)c1OC. The van der Waals surface area contributed by atoms with Gasteiger partial charge in [0.15, 0.2) is 11.5 Å². The summed E-state index contributed by atoms with van der Waals surface area (Å²) in [7, 11) is -0.689. The molecule has 0 saturated carbocycles. The molecule has 0 amide bonds. The topological polar surface area (TPSA) is 77.0 Å². The zero-order chi connectivity index (χ0) is 19.6.